The fraction of sp³-hybridized carbons (Fsp3) is 0.667. The molecule has 0 saturated heterocycles. The monoisotopic (exact) mass is 300 g/mol. The van der Waals surface area contributed by atoms with Crippen molar-refractivity contribution in [2.45, 2.75) is 51.9 Å². The molecule has 0 heterocycles. The molecule has 0 rings (SSSR count). The van der Waals surface area contributed by atoms with Crippen LogP contribution in [0.15, 0.2) is 12.2 Å². The van der Waals surface area contributed by atoms with E-state index < -0.39 is 17.9 Å². The van der Waals surface area contributed by atoms with Gasteiger partial charge in [0.25, 0.3) is 0 Å². The molecular formula is C15H24O6. The lowest BCUT2D eigenvalue weighted by molar-refractivity contribution is -0.147. The van der Waals surface area contributed by atoms with Gasteiger partial charge in [0.2, 0.25) is 0 Å². The first-order valence-electron chi connectivity index (χ1n) is 7.19. The Morgan fingerprint density at radius 3 is 2.29 bits per heavy atom. The van der Waals surface area contributed by atoms with E-state index in [-0.39, 0.29) is 25.0 Å². The van der Waals surface area contributed by atoms with Crippen LogP contribution in [0.3, 0.4) is 0 Å². The highest BCUT2D eigenvalue weighted by Gasteiger charge is 2.14. The van der Waals surface area contributed by atoms with Gasteiger partial charge in [0.05, 0.1) is 19.4 Å². The van der Waals surface area contributed by atoms with Crippen LogP contribution in [0.25, 0.3) is 0 Å². The molecule has 0 aliphatic carbocycles. The van der Waals surface area contributed by atoms with Crippen molar-refractivity contribution in [3.05, 3.63) is 12.2 Å². The zero-order chi connectivity index (χ0) is 16.1. The Labute approximate surface area is 125 Å². The van der Waals surface area contributed by atoms with Gasteiger partial charge in [0.15, 0.2) is 0 Å². The molecule has 1 N–H and O–H groups in total. The van der Waals surface area contributed by atoms with Gasteiger partial charge in [0.1, 0.15) is 6.61 Å². The Morgan fingerprint density at radius 2 is 1.67 bits per heavy atom. The summed E-state index contributed by atoms with van der Waals surface area (Å²) in [4.78, 5) is 33.1. The van der Waals surface area contributed by atoms with Crippen molar-refractivity contribution in [3.8, 4) is 0 Å². The van der Waals surface area contributed by atoms with Crippen LogP contribution in [-0.2, 0) is 23.9 Å². The molecule has 0 saturated carbocycles. The van der Waals surface area contributed by atoms with Gasteiger partial charge in [-0.15, -0.1) is 0 Å². The number of carboxylic acid groups (broad SMARTS) is 1. The lowest BCUT2D eigenvalue weighted by atomic mass is 10.2. The van der Waals surface area contributed by atoms with Gasteiger partial charge in [-0.25, -0.2) is 4.79 Å². The van der Waals surface area contributed by atoms with Crippen LogP contribution >= 0.6 is 0 Å². The zero-order valence-corrected chi connectivity index (χ0v) is 12.6. The summed E-state index contributed by atoms with van der Waals surface area (Å²) in [6.45, 7) is 5.67. The van der Waals surface area contributed by atoms with Crippen LogP contribution < -0.4 is 0 Å². The predicted octanol–water partition coefficient (Wildman–Crippen LogP) is 2.46. The van der Waals surface area contributed by atoms with Gasteiger partial charge in [0, 0.05) is 5.57 Å². The molecule has 0 aromatic carbocycles. The molecule has 0 spiro atoms. The van der Waals surface area contributed by atoms with Crippen molar-refractivity contribution in [1.82, 2.24) is 0 Å². The van der Waals surface area contributed by atoms with Gasteiger partial charge in [-0.2, -0.15) is 0 Å². The highest BCUT2D eigenvalue weighted by molar-refractivity contribution is 5.93. The van der Waals surface area contributed by atoms with Gasteiger partial charge in [-0.3, -0.25) is 9.59 Å². The highest BCUT2D eigenvalue weighted by Crippen LogP contribution is 2.06. The summed E-state index contributed by atoms with van der Waals surface area (Å²) in [6, 6.07) is 0. The second-order valence-electron chi connectivity index (χ2n) is 4.69. The quantitative estimate of drug-likeness (QED) is 0.338. The van der Waals surface area contributed by atoms with Crippen molar-refractivity contribution in [1.29, 1.82) is 0 Å². The van der Waals surface area contributed by atoms with Crippen molar-refractivity contribution in [2.24, 2.45) is 0 Å². The lowest BCUT2D eigenvalue weighted by Gasteiger charge is -2.07. The summed E-state index contributed by atoms with van der Waals surface area (Å²) >= 11 is 0. The number of unbranched alkanes of at least 4 members (excludes halogenated alkanes) is 4. The van der Waals surface area contributed by atoms with Crippen LogP contribution in [0, 0.1) is 0 Å². The third-order valence-electron chi connectivity index (χ3n) is 2.71. The number of carboxylic acids is 1. The average Bonchev–Trinajstić information content (AvgIpc) is 2.42. The first kappa shape index (κ1) is 19.1. The third kappa shape index (κ3) is 11.7. The van der Waals surface area contributed by atoms with Crippen molar-refractivity contribution in [3.63, 3.8) is 0 Å². The maximum absolute atomic E-state index is 11.4. The van der Waals surface area contributed by atoms with Crippen LogP contribution in [0.4, 0.5) is 0 Å². The van der Waals surface area contributed by atoms with Gasteiger partial charge in [-0.1, -0.05) is 39.2 Å². The number of aliphatic carboxylic acids is 1. The second-order valence-corrected chi connectivity index (χ2v) is 4.69. The number of carbonyl (C=O) groups is 3. The summed E-state index contributed by atoms with van der Waals surface area (Å²) < 4.78 is 9.64. The fourth-order valence-electron chi connectivity index (χ4n) is 1.52. The molecule has 0 bridgehead atoms. The number of hydrogen-bond acceptors (Lipinski definition) is 5. The van der Waals surface area contributed by atoms with E-state index in [9.17, 15) is 14.4 Å². The summed E-state index contributed by atoms with van der Waals surface area (Å²) in [6.07, 6.45) is 4.76. The Kier molecular flexibility index (Phi) is 10.9. The van der Waals surface area contributed by atoms with Gasteiger partial charge < -0.3 is 14.6 Å². The highest BCUT2D eigenvalue weighted by atomic mass is 16.5. The summed E-state index contributed by atoms with van der Waals surface area (Å²) in [5.41, 5.74) is -0.0311. The molecule has 0 atom stereocenters. The second kappa shape index (κ2) is 11.9. The molecule has 0 aromatic heterocycles. The molecule has 21 heavy (non-hydrogen) atoms. The standard InChI is InChI=1S/C15H24O6/c1-3-4-5-6-7-9-20-14(18)11-12(2)15(19)21-10-8-13(16)17/h2-11H2,1H3,(H,16,17). The lowest BCUT2D eigenvalue weighted by Crippen LogP contribution is -2.15. The van der Waals surface area contributed by atoms with Gasteiger partial charge >= 0.3 is 17.9 Å². The third-order valence-corrected chi connectivity index (χ3v) is 2.71. The normalized spacial score (nSPS) is 9.95. The van der Waals surface area contributed by atoms with E-state index in [1.54, 1.807) is 0 Å². The molecule has 0 amide bonds. The maximum Gasteiger partial charge on any atom is 0.334 e. The van der Waals surface area contributed by atoms with E-state index in [2.05, 4.69) is 18.2 Å². The summed E-state index contributed by atoms with van der Waals surface area (Å²) in [5, 5.41) is 8.40. The zero-order valence-electron chi connectivity index (χ0n) is 12.6. The topological polar surface area (TPSA) is 89.9 Å². The Balaban J connectivity index is 3.70. The van der Waals surface area contributed by atoms with Crippen LogP contribution in [0.5, 0.6) is 0 Å². The number of carbonyl (C=O) groups excluding carboxylic acids is 2. The van der Waals surface area contributed by atoms with Crippen molar-refractivity contribution in [2.75, 3.05) is 13.2 Å². The summed E-state index contributed by atoms with van der Waals surface area (Å²) in [7, 11) is 0. The predicted molar refractivity (Wildman–Crippen MR) is 76.7 cm³/mol. The minimum atomic E-state index is -1.06. The molecule has 6 heteroatoms. The van der Waals surface area contributed by atoms with Crippen molar-refractivity contribution < 1.29 is 29.0 Å². The summed E-state index contributed by atoms with van der Waals surface area (Å²) in [5.74, 6) is -2.35. The minimum absolute atomic E-state index is 0.0311. The largest absolute Gasteiger partial charge is 0.481 e. The number of rotatable bonds is 12. The maximum atomic E-state index is 11.4. The first-order valence-corrected chi connectivity index (χ1v) is 7.19. The number of esters is 2. The van der Waals surface area contributed by atoms with E-state index in [4.69, 9.17) is 9.84 Å². The molecule has 0 aromatic rings. The van der Waals surface area contributed by atoms with E-state index in [1.165, 1.54) is 6.42 Å². The Morgan fingerprint density at radius 1 is 1.00 bits per heavy atom. The van der Waals surface area contributed by atoms with Crippen LogP contribution in [0.1, 0.15) is 51.9 Å². The minimum Gasteiger partial charge on any atom is -0.481 e. The number of ether oxygens (including phenoxy) is 2. The molecule has 0 aliphatic heterocycles. The number of hydrogen-bond donors (Lipinski definition) is 1. The molecule has 6 nitrogen and oxygen atoms in total. The smallest absolute Gasteiger partial charge is 0.334 e. The SMILES string of the molecule is C=C(CC(=O)OCCCCCCC)C(=O)OCCC(=O)O. The van der Waals surface area contributed by atoms with Gasteiger partial charge in [-0.05, 0) is 6.42 Å². The molecule has 0 radical (unpaired) electrons. The Bertz CT molecular complexity index is 361. The van der Waals surface area contributed by atoms with Crippen LogP contribution in [-0.4, -0.2) is 36.2 Å². The van der Waals surface area contributed by atoms with E-state index in [0.717, 1.165) is 25.7 Å². The molecule has 0 aliphatic rings. The van der Waals surface area contributed by atoms with Crippen molar-refractivity contribution >= 4 is 17.9 Å². The van der Waals surface area contributed by atoms with E-state index in [1.807, 2.05) is 0 Å². The molecule has 0 unspecified atom stereocenters. The Hall–Kier alpha value is -1.85. The molecule has 0 fully saturated rings. The van der Waals surface area contributed by atoms with Crippen LogP contribution in [0.2, 0.25) is 0 Å². The molecular weight excluding hydrogens is 276 g/mol. The first-order chi connectivity index (χ1) is 9.97. The van der Waals surface area contributed by atoms with E-state index >= 15 is 0 Å². The van der Waals surface area contributed by atoms with E-state index in [0.29, 0.717) is 6.61 Å². The fourth-order valence-corrected chi connectivity index (χ4v) is 1.52. The average molecular weight is 300 g/mol. The molecule has 120 valence electrons.